The van der Waals surface area contributed by atoms with Gasteiger partial charge < -0.3 is 22.7 Å². The average Bonchev–Trinajstić information content (AvgIpc) is 1.72. The molecule has 0 saturated heterocycles. The molecular weight excluding hydrogens is 1180 g/mol. The van der Waals surface area contributed by atoms with Crippen LogP contribution in [0, 0.1) is 39.0 Å². The Morgan fingerprint density at radius 2 is 0.557 bits per heavy atom. The second kappa shape index (κ2) is 21.7. The predicted molar refractivity (Wildman–Crippen MR) is 402 cm³/mol. The lowest BCUT2D eigenvalue weighted by atomic mass is 9.77. The normalized spacial score (nSPS) is 11.9. The van der Waals surface area contributed by atoms with Gasteiger partial charge in [0.2, 0.25) is 5.89 Å². The molecule has 7 heteroatoms. The first-order valence-electron chi connectivity index (χ1n) is 33.1. The SMILES string of the molecule is Cc1ccc2c(c1)c1ccccc1n2-c1ccc(-c2c(C#N)c(-c3nc4ccccc4o3)c(-c3ccc(-n4c5ccccc5c5cc(C)ccc54)cc3)c(-c3ccc(-n4c5ccccc5c5cc(C)ccc54)cc3)c2-c2ccc(-n3c4ccccc4c4cc(C)ccc43)cc2)cc1. The summed E-state index contributed by atoms with van der Waals surface area (Å²) in [5.41, 5.74) is 27.4. The van der Waals surface area contributed by atoms with Gasteiger partial charge in [-0.2, -0.15) is 5.26 Å². The molecule has 19 aromatic rings. The summed E-state index contributed by atoms with van der Waals surface area (Å²) in [6.07, 6.45) is 0. The maximum atomic E-state index is 12.5. The second-order valence-corrected chi connectivity index (χ2v) is 26.0. The zero-order valence-electron chi connectivity index (χ0n) is 53.8. The molecule has 19 rings (SSSR count). The highest BCUT2D eigenvalue weighted by molar-refractivity contribution is 6.15. The van der Waals surface area contributed by atoms with Gasteiger partial charge in [-0.25, -0.2) is 4.98 Å². The molecule has 0 aliphatic rings. The number of oxazole rings is 1. The van der Waals surface area contributed by atoms with Gasteiger partial charge in [0, 0.05) is 77.0 Å². The van der Waals surface area contributed by atoms with Crippen molar-refractivity contribution in [3.05, 3.63) is 319 Å². The first kappa shape index (κ1) is 55.8. The van der Waals surface area contributed by atoms with Crippen molar-refractivity contribution in [1.29, 1.82) is 5.26 Å². The van der Waals surface area contributed by atoms with Gasteiger partial charge in [-0.3, -0.25) is 0 Å². The van der Waals surface area contributed by atoms with Crippen LogP contribution in [0.2, 0.25) is 0 Å². The third-order valence-corrected chi connectivity index (χ3v) is 20.1. The summed E-state index contributed by atoms with van der Waals surface area (Å²) in [6, 6.07) is 108. The lowest BCUT2D eigenvalue weighted by molar-refractivity contribution is 0.620. The second-order valence-electron chi connectivity index (χ2n) is 26.0. The summed E-state index contributed by atoms with van der Waals surface area (Å²) in [5, 5.41) is 22.2. The Labute approximate surface area is 559 Å². The maximum Gasteiger partial charge on any atom is 0.229 e. The smallest absolute Gasteiger partial charge is 0.229 e. The van der Waals surface area contributed by atoms with E-state index < -0.39 is 0 Å². The third kappa shape index (κ3) is 8.63. The first-order valence-corrected chi connectivity index (χ1v) is 33.1. The third-order valence-electron chi connectivity index (χ3n) is 20.1. The summed E-state index contributed by atoms with van der Waals surface area (Å²) in [7, 11) is 0. The van der Waals surface area contributed by atoms with E-state index in [-0.39, 0.29) is 0 Å². The van der Waals surface area contributed by atoms with E-state index in [9.17, 15) is 5.26 Å². The summed E-state index contributed by atoms with van der Waals surface area (Å²) < 4.78 is 16.5. The number of hydrogen-bond donors (Lipinski definition) is 0. The van der Waals surface area contributed by atoms with Crippen molar-refractivity contribution in [2.45, 2.75) is 27.7 Å². The first-order chi connectivity index (χ1) is 47.7. The lowest BCUT2D eigenvalue weighted by Gasteiger charge is -2.25. The molecule has 0 fully saturated rings. The Kier molecular flexibility index (Phi) is 12.5. The average molecular weight is 1240 g/mol. The van der Waals surface area contributed by atoms with Crippen LogP contribution in [0.5, 0.6) is 0 Å². The Hall–Kier alpha value is -12.8. The zero-order chi connectivity index (χ0) is 64.7. The van der Waals surface area contributed by atoms with Crippen LogP contribution in [-0.2, 0) is 0 Å². The van der Waals surface area contributed by atoms with Gasteiger partial charge in [0.1, 0.15) is 11.6 Å². The Morgan fingerprint density at radius 1 is 0.278 bits per heavy atom. The summed E-state index contributed by atoms with van der Waals surface area (Å²) in [5.74, 6) is 0.356. The number of hydrogen-bond acceptors (Lipinski definition) is 3. The largest absolute Gasteiger partial charge is 0.436 e. The molecule has 97 heavy (non-hydrogen) atoms. The van der Waals surface area contributed by atoms with Crippen molar-refractivity contribution in [3.8, 4) is 84.8 Å². The minimum atomic E-state index is 0.356. The van der Waals surface area contributed by atoms with Gasteiger partial charge >= 0.3 is 0 Å². The number of para-hydroxylation sites is 6. The van der Waals surface area contributed by atoms with Crippen molar-refractivity contribution in [2.24, 2.45) is 0 Å². The molecule has 0 bridgehead atoms. The fourth-order valence-electron chi connectivity index (χ4n) is 15.8. The molecule has 5 aromatic heterocycles. The highest BCUT2D eigenvalue weighted by Crippen LogP contribution is 2.54. The molecule has 0 aliphatic heterocycles. The van der Waals surface area contributed by atoms with Crippen LogP contribution in [0.3, 0.4) is 0 Å². The number of nitrogens with zero attached hydrogens (tertiary/aromatic N) is 6. The van der Waals surface area contributed by atoms with E-state index in [0.717, 1.165) is 111 Å². The zero-order valence-corrected chi connectivity index (χ0v) is 53.8. The molecule has 0 aliphatic carbocycles. The van der Waals surface area contributed by atoms with Crippen molar-refractivity contribution in [3.63, 3.8) is 0 Å². The fraction of sp³-hybridized carbons (Fsp3) is 0.0444. The van der Waals surface area contributed by atoms with Crippen molar-refractivity contribution in [1.82, 2.24) is 23.3 Å². The Bertz CT molecular complexity index is 6490. The molecule has 0 amide bonds. The molecule has 456 valence electrons. The topological polar surface area (TPSA) is 69.5 Å². The molecule has 0 radical (unpaired) electrons. The van der Waals surface area contributed by atoms with Gasteiger partial charge in [0.25, 0.3) is 0 Å². The quantitative estimate of drug-likeness (QED) is 0.145. The van der Waals surface area contributed by atoms with Crippen LogP contribution in [0.25, 0.3) is 177 Å². The van der Waals surface area contributed by atoms with E-state index in [2.05, 4.69) is 319 Å². The van der Waals surface area contributed by atoms with Crippen molar-refractivity contribution >= 4 is 98.3 Å². The Balaban J connectivity index is 0.922. The minimum absolute atomic E-state index is 0.356. The number of nitriles is 1. The predicted octanol–water partition coefficient (Wildman–Crippen LogP) is 23.7. The van der Waals surface area contributed by atoms with E-state index in [4.69, 9.17) is 9.40 Å². The van der Waals surface area contributed by atoms with Gasteiger partial charge in [-0.1, -0.05) is 180 Å². The van der Waals surface area contributed by atoms with Crippen LogP contribution in [0.4, 0.5) is 0 Å². The van der Waals surface area contributed by atoms with Crippen molar-refractivity contribution < 1.29 is 4.42 Å². The molecule has 0 spiro atoms. The molecule has 7 nitrogen and oxygen atoms in total. The van der Waals surface area contributed by atoms with E-state index in [1.54, 1.807) is 0 Å². The fourth-order valence-corrected chi connectivity index (χ4v) is 15.8. The van der Waals surface area contributed by atoms with Crippen LogP contribution in [0.15, 0.2) is 296 Å². The van der Waals surface area contributed by atoms with Gasteiger partial charge in [0.05, 0.1) is 55.3 Å². The molecule has 14 aromatic carbocycles. The van der Waals surface area contributed by atoms with Crippen LogP contribution in [0.1, 0.15) is 27.8 Å². The monoisotopic (exact) mass is 1240 g/mol. The number of aromatic nitrogens is 5. The molecular formula is C90H60N6O. The summed E-state index contributed by atoms with van der Waals surface area (Å²) in [4.78, 5) is 5.37. The molecule has 5 heterocycles. The molecule has 0 unspecified atom stereocenters. The van der Waals surface area contributed by atoms with Crippen molar-refractivity contribution in [2.75, 3.05) is 0 Å². The number of aryl methyl sites for hydroxylation is 4. The minimum Gasteiger partial charge on any atom is -0.436 e. The van der Waals surface area contributed by atoms with E-state index >= 15 is 0 Å². The van der Waals surface area contributed by atoms with Gasteiger partial charge in [-0.05, 0) is 195 Å². The van der Waals surface area contributed by atoms with E-state index in [1.165, 1.54) is 65.3 Å². The summed E-state index contributed by atoms with van der Waals surface area (Å²) in [6.45, 7) is 8.63. The highest BCUT2D eigenvalue weighted by atomic mass is 16.3. The highest BCUT2D eigenvalue weighted by Gasteiger charge is 2.32. The molecule has 0 saturated carbocycles. The maximum absolute atomic E-state index is 12.5. The van der Waals surface area contributed by atoms with Crippen LogP contribution >= 0.6 is 0 Å². The van der Waals surface area contributed by atoms with Crippen LogP contribution in [-0.4, -0.2) is 23.3 Å². The standard InChI is InChI=1S/C90H60N6O/c1-54-25-45-80-70(49-54)66-15-5-10-20-76(66)93(80)62-37-29-58(30-38-62)85-74(53-91)89(90-92-75-19-9-14-24-84(75)97-90)88(61-35-43-65(44-36-61)96-79-23-13-8-18-69(79)73-52-57(4)28-48-83(73)96)87(60-33-41-64(42-34-60)95-78-22-12-7-17-68(78)72-51-56(3)27-47-82(72)95)86(85)59-31-39-63(40-32-59)94-77-21-11-6-16-67(77)71-50-55(2)26-46-81(71)94/h5-52H,1-4H3. The number of rotatable bonds is 9. The van der Waals surface area contributed by atoms with Gasteiger partial charge in [0.15, 0.2) is 5.58 Å². The Morgan fingerprint density at radius 3 is 0.887 bits per heavy atom. The van der Waals surface area contributed by atoms with E-state index in [0.29, 0.717) is 28.1 Å². The summed E-state index contributed by atoms with van der Waals surface area (Å²) >= 11 is 0. The lowest BCUT2D eigenvalue weighted by Crippen LogP contribution is -2.03. The molecule has 0 N–H and O–H groups in total. The number of benzene rings is 14. The molecule has 0 atom stereocenters. The van der Waals surface area contributed by atoms with E-state index in [1.807, 2.05) is 24.3 Å². The number of fused-ring (bicyclic) bond motifs is 13. The van der Waals surface area contributed by atoms with Crippen LogP contribution < -0.4 is 0 Å². The van der Waals surface area contributed by atoms with Gasteiger partial charge in [-0.15, -0.1) is 0 Å².